The molecule has 0 unspecified atom stereocenters. The van der Waals surface area contributed by atoms with Crippen LogP contribution in [0.25, 0.3) is 0 Å². The van der Waals surface area contributed by atoms with Crippen molar-refractivity contribution < 1.29 is 9.53 Å². The molecule has 0 aliphatic heterocycles. The molecule has 0 aliphatic carbocycles. The van der Waals surface area contributed by atoms with Gasteiger partial charge in [0.25, 0.3) is 0 Å². The number of hydrogen-bond acceptors (Lipinski definition) is 3. The number of hydrogen-bond donors (Lipinski definition) is 1. The lowest BCUT2D eigenvalue weighted by Crippen LogP contribution is -2.24. The smallest absolute Gasteiger partial charge is 0.222 e. The van der Waals surface area contributed by atoms with Crippen LogP contribution in [0.2, 0.25) is 0 Å². The molecule has 1 aromatic heterocycles. The molecule has 1 heterocycles. The Kier molecular flexibility index (Phi) is 6.15. The van der Waals surface area contributed by atoms with E-state index in [1.165, 1.54) is 5.56 Å². The first-order valence-electron chi connectivity index (χ1n) is 7.57. The second-order valence-electron chi connectivity index (χ2n) is 5.48. The van der Waals surface area contributed by atoms with E-state index in [0.717, 1.165) is 12.1 Å². The fraction of sp³-hybridized carbons (Fsp3) is 0.412. The zero-order valence-corrected chi connectivity index (χ0v) is 13.2. The van der Waals surface area contributed by atoms with E-state index in [0.29, 0.717) is 19.6 Å². The van der Waals surface area contributed by atoms with Gasteiger partial charge in [-0.05, 0) is 19.4 Å². The van der Waals surface area contributed by atoms with Gasteiger partial charge in [-0.15, -0.1) is 0 Å². The van der Waals surface area contributed by atoms with E-state index in [-0.39, 0.29) is 12.0 Å². The third-order valence-electron chi connectivity index (χ3n) is 3.14. The van der Waals surface area contributed by atoms with Crippen molar-refractivity contribution >= 4 is 5.91 Å². The third kappa shape index (κ3) is 5.69. The topological polar surface area (TPSA) is 56.1 Å². The predicted octanol–water partition coefficient (Wildman–Crippen LogP) is 2.36. The Hall–Kier alpha value is -2.14. The Balaban J connectivity index is 1.74. The summed E-state index contributed by atoms with van der Waals surface area (Å²) in [5, 5.41) is 7.19. The monoisotopic (exact) mass is 301 g/mol. The van der Waals surface area contributed by atoms with Crippen LogP contribution in [-0.4, -0.2) is 28.4 Å². The van der Waals surface area contributed by atoms with E-state index in [4.69, 9.17) is 4.74 Å². The highest BCUT2D eigenvalue weighted by Crippen LogP contribution is 2.04. The average molecular weight is 301 g/mol. The molecule has 22 heavy (non-hydrogen) atoms. The number of amides is 1. The number of ether oxygens (including phenoxy) is 1. The molecule has 2 rings (SSSR count). The van der Waals surface area contributed by atoms with Gasteiger partial charge in [0.05, 0.1) is 25.5 Å². The lowest BCUT2D eigenvalue weighted by atomic mass is 10.2. The van der Waals surface area contributed by atoms with Gasteiger partial charge in [0, 0.05) is 24.7 Å². The van der Waals surface area contributed by atoms with E-state index in [1.54, 1.807) is 6.20 Å². The number of carbonyl (C=O) groups excluding carboxylic acids is 1. The summed E-state index contributed by atoms with van der Waals surface area (Å²) in [5.41, 5.74) is 2.20. The Bertz CT molecular complexity index is 579. The van der Waals surface area contributed by atoms with Gasteiger partial charge in [-0.2, -0.15) is 5.10 Å². The molecule has 0 aliphatic rings. The summed E-state index contributed by atoms with van der Waals surface area (Å²) >= 11 is 0. The predicted molar refractivity (Wildman–Crippen MR) is 85.3 cm³/mol. The highest BCUT2D eigenvalue weighted by atomic mass is 16.5. The lowest BCUT2D eigenvalue weighted by molar-refractivity contribution is -0.122. The average Bonchev–Trinajstić information content (AvgIpc) is 2.93. The Morgan fingerprint density at radius 3 is 2.77 bits per heavy atom. The van der Waals surface area contributed by atoms with Crippen LogP contribution in [0.3, 0.4) is 0 Å². The molecule has 2 aromatic rings. The van der Waals surface area contributed by atoms with E-state index in [9.17, 15) is 4.79 Å². The highest BCUT2D eigenvalue weighted by molar-refractivity contribution is 5.75. The molecule has 0 saturated carbocycles. The number of nitrogens with one attached hydrogen (secondary N) is 1. The molecule has 118 valence electrons. The summed E-state index contributed by atoms with van der Waals surface area (Å²) in [7, 11) is 0. The van der Waals surface area contributed by atoms with Gasteiger partial charge in [-0.3, -0.25) is 9.48 Å². The maximum absolute atomic E-state index is 11.7. The van der Waals surface area contributed by atoms with Crippen molar-refractivity contribution in [3.63, 3.8) is 0 Å². The Labute approximate surface area is 131 Å². The van der Waals surface area contributed by atoms with E-state index < -0.39 is 0 Å². The maximum atomic E-state index is 11.7. The zero-order chi connectivity index (χ0) is 15.8. The summed E-state index contributed by atoms with van der Waals surface area (Å²) in [6.07, 6.45) is 4.28. The van der Waals surface area contributed by atoms with Crippen LogP contribution in [0.5, 0.6) is 0 Å². The molecule has 0 fully saturated rings. The number of aromatic nitrogens is 2. The molecular weight excluding hydrogens is 278 g/mol. The van der Waals surface area contributed by atoms with Gasteiger partial charge < -0.3 is 10.1 Å². The third-order valence-corrected chi connectivity index (χ3v) is 3.14. The normalized spacial score (nSPS) is 10.9. The minimum Gasteiger partial charge on any atom is -0.378 e. The number of rotatable bonds is 8. The molecule has 1 aromatic carbocycles. The Morgan fingerprint density at radius 2 is 2.05 bits per heavy atom. The van der Waals surface area contributed by atoms with Crippen LogP contribution < -0.4 is 5.32 Å². The maximum Gasteiger partial charge on any atom is 0.222 e. The first-order valence-corrected chi connectivity index (χ1v) is 7.57. The molecule has 1 N–H and O–H groups in total. The lowest BCUT2D eigenvalue weighted by Gasteiger charge is -2.07. The zero-order valence-electron chi connectivity index (χ0n) is 13.2. The number of benzene rings is 1. The van der Waals surface area contributed by atoms with Crippen molar-refractivity contribution in [2.75, 3.05) is 6.61 Å². The van der Waals surface area contributed by atoms with Crippen molar-refractivity contribution in [3.05, 3.63) is 53.9 Å². The summed E-state index contributed by atoms with van der Waals surface area (Å²) in [6.45, 7) is 5.60. The van der Waals surface area contributed by atoms with Crippen LogP contribution in [0.15, 0.2) is 42.7 Å². The van der Waals surface area contributed by atoms with Gasteiger partial charge in [-0.25, -0.2) is 0 Å². The van der Waals surface area contributed by atoms with Gasteiger partial charge in [0.2, 0.25) is 5.91 Å². The fourth-order valence-electron chi connectivity index (χ4n) is 2.03. The standard InChI is InChI=1S/C17H23N3O2/c1-14(2)22-9-8-17(21)18-10-16-11-19-20(13-16)12-15-6-4-3-5-7-15/h3-7,11,13-14H,8-10,12H2,1-2H3,(H,18,21). The van der Waals surface area contributed by atoms with Gasteiger partial charge in [0.1, 0.15) is 0 Å². The molecular formula is C17H23N3O2. The van der Waals surface area contributed by atoms with Crippen LogP contribution in [0.1, 0.15) is 31.4 Å². The quantitative estimate of drug-likeness (QED) is 0.814. The van der Waals surface area contributed by atoms with Gasteiger partial charge >= 0.3 is 0 Å². The fourth-order valence-corrected chi connectivity index (χ4v) is 2.03. The molecule has 1 amide bonds. The largest absolute Gasteiger partial charge is 0.378 e. The minimum absolute atomic E-state index is 0.00328. The first kappa shape index (κ1) is 16.2. The molecule has 0 atom stereocenters. The first-order chi connectivity index (χ1) is 10.6. The van der Waals surface area contributed by atoms with Crippen LogP contribution in [0, 0.1) is 0 Å². The summed E-state index contributed by atoms with van der Waals surface area (Å²) < 4.78 is 7.23. The van der Waals surface area contributed by atoms with Crippen LogP contribution >= 0.6 is 0 Å². The molecule has 0 bridgehead atoms. The van der Waals surface area contributed by atoms with Crippen molar-refractivity contribution in [3.8, 4) is 0 Å². The molecule has 5 nitrogen and oxygen atoms in total. The van der Waals surface area contributed by atoms with Crippen molar-refractivity contribution in [2.24, 2.45) is 0 Å². The number of nitrogens with zero attached hydrogens (tertiary/aromatic N) is 2. The molecule has 0 radical (unpaired) electrons. The van der Waals surface area contributed by atoms with Crippen LogP contribution in [0.4, 0.5) is 0 Å². The van der Waals surface area contributed by atoms with Crippen molar-refractivity contribution in [1.82, 2.24) is 15.1 Å². The van der Waals surface area contributed by atoms with Crippen LogP contribution in [-0.2, 0) is 22.6 Å². The van der Waals surface area contributed by atoms with E-state index in [1.807, 2.05) is 42.9 Å². The van der Waals surface area contributed by atoms with E-state index >= 15 is 0 Å². The summed E-state index contributed by atoms with van der Waals surface area (Å²) in [4.78, 5) is 11.7. The summed E-state index contributed by atoms with van der Waals surface area (Å²) in [5.74, 6) is -0.00328. The molecule has 5 heteroatoms. The van der Waals surface area contributed by atoms with Crippen molar-refractivity contribution in [1.29, 1.82) is 0 Å². The molecule has 0 spiro atoms. The number of carbonyl (C=O) groups is 1. The van der Waals surface area contributed by atoms with Crippen molar-refractivity contribution in [2.45, 2.75) is 39.5 Å². The van der Waals surface area contributed by atoms with Gasteiger partial charge in [0.15, 0.2) is 0 Å². The minimum atomic E-state index is -0.00328. The second kappa shape index (κ2) is 8.34. The Morgan fingerprint density at radius 1 is 1.27 bits per heavy atom. The van der Waals surface area contributed by atoms with E-state index in [2.05, 4.69) is 22.5 Å². The SMILES string of the molecule is CC(C)OCCC(=O)NCc1cnn(Cc2ccccc2)c1. The second-order valence-corrected chi connectivity index (χ2v) is 5.48. The van der Waals surface area contributed by atoms with Gasteiger partial charge in [-0.1, -0.05) is 30.3 Å². The molecule has 0 saturated heterocycles. The highest BCUT2D eigenvalue weighted by Gasteiger charge is 2.04. The summed E-state index contributed by atoms with van der Waals surface area (Å²) in [6, 6.07) is 10.2.